The van der Waals surface area contributed by atoms with Gasteiger partial charge in [0.25, 0.3) is 0 Å². The van der Waals surface area contributed by atoms with Gasteiger partial charge >= 0.3 is 5.97 Å². The molecule has 3 amide bonds. The molecule has 0 bridgehead atoms. The minimum Gasteiger partial charge on any atom is -0.480 e. The highest BCUT2D eigenvalue weighted by Gasteiger charge is 2.38. The van der Waals surface area contributed by atoms with Crippen LogP contribution in [0.5, 0.6) is 0 Å². The number of thioether (sulfide) groups is 1. The minimum absolute atomic E-state index is 0.0374. The van der Waals surface area contributed by atoms with Crippen LogP contribution < -0.4 is 16.4 Å². The molecule has 0 saturated carbocycles. The number of carbonyl (C=O) groups excluding carboxylic acids is 3. The highest BCUT2D eigenvalue weighted by atomic mass is 32.2. The molecule has 30 heavy (non-hydrogen) atoms. The van der Waals surface area contributed by atoms with Gasteiger partial charge in [0, 0.05) is 12.3 Å². The highest BCUT2D eigenvalue weighted by molar-refractivity contribution is 7.98. The third-order valence-electron chi connectivity index (χ3n) is 5.42. The van der Waals surface area contributed by atoms with E-state index in [9.17, 15) is 24.3 Å². The van der Waals surface area contributed by atoms with Gasteiger partial charge in [-0.2, -0.15) is 24.4 Å². The van der Waals surface area contributed by atoms with E-state index in [1.165, 1.54) is 16.7 Å². The van der Waals surface area contributed by atoms with E-state index in [1.54, 1.807) is 0 Å². The number of carboxylic acids is 1. The Morgan fingerprint density at radius 2 is 1.87 bits per heavy atom. The number of aliphatic carboxylic acids is 1. The van der Waals surface area contributed by atoms with Crippen molar-refractivity contribution < 1.29 is 24.3 Å². The first-order valence-electron chi connectivity index (χ1n) is 10.2. The summed E-state index contributed by atoms with van der Waals surface area (Å²) in [5.74, 6) is -1.85. The molecule has 5 N–H and O–H groups in total. The first-order valence-corrected chi connectivity index (χ1v) is 12.2. The Hall–Kier alpha value is -1.46. The largest absolute Gasteiger partial charge is 0.480 e. The van der Waals surface area contributed by atoms with Crippen LogP contribution in [0, 0.1) is 5.92 Å². The topological polar surface area (TPSA) is 142 Å². The summed E-state index contributed by atoms with van der Waals surface area (Å²) in [6.07, 6.45) is 3.96. The van der Waals surface area contributed by atoms with Crippen molar-refractivity contribution in [2.24, 2.45) is 11.7 Å². The van der Waals surface area contributed by atoms with Crippen LogP contribution >= 0.6 is 24.4 Å². The lowest BCUT2D eigenvalue weighted by molar-refractivity contribution is -0.149. The van der Waals surface area contributed by atoms with Crippen LogP contribution in [-0.2, 0) is 19.2 Å². The number of hydrogen-bond donors (Lipinski definition) is 5. The van der Waals surface area contributed by atoms with Gasteiger partial charge in [0.1, 0.15) is 18.1 Å². The maximum absolute atomic E-state index is 13.0. The first-order chi connectivity index (χ1) is 14.2. The Kier molecular flexibility index (Phi) is 11.6. The van der Waals surface area contributed by atoms with E-state index < -0.39 is 47.9 Å². The zero-order valence-corrected chi connectivity index (χ0v) is 19.5. The van der Waals surface area contributed by atoms with E-state index in [4.69, 9.17) is 5.73 Å². The number of hydrogen-bond acceptors (Lipinski definition) is 7. The van der Waals surface area contributed by atoms with Crippen molar-refractivity contribution in [3.63, 3.8) is 0 Å². The molecular formula is C19H34N4O5S2. The average molecular weight is 463 g/mol. The fraction of sp³-hybridized carbons (Fsp3) is 0.789. The van der Waals surface area contributed by atoms with Gasteiger partial charge in [-0.05, 0) is 37.2 Å². The molecule has 5 atom stereocenters. The lowest BCUT2D eigenvalue weighted by Crippen LogP contribution is -2.58. The molecule has 5 unspecified atom stereocenters. The Labute approximate surface area is 187 Å². The first kappa shape index (κ1) is 26.6. The van der Waals surface area contributed by atoms with Crippen molar-refractivity contribution >= 4 is 48.1 Å². The second kappa shape index (κ2) is 13.1. The number of likely N-dealkylation sites (tertiary alicyclic amines) is 1. The molecule has 0 aromatic carbocycles. The highest BCUT2D eigenvalue weighted by Crippen LogP contribution is 2.19. The van der Waals surface area contributed by atoms with Gasteiger partial charge in [0.05, 0.1) is 6.04 Å². The summed E-state index contributed by atoms with van der Waals surface area (Å²) in [4.78, 5) is 50.9. The Morgan fingerprint density at radius 3 is 2.40 bits per heavy atom. The fourth-order valence-corrected chi connectivity index (χ4v) is 3.96. The number of carbonyl (C=O) groups is 4. The van der Waals surface area contributed by atoms with Gasteiger partial charge in [-0.3, -0.25) is 14.4 Å². The molecule has 1 aliphatic rings. The third-order valence-corrected chi connectivity index (χ3v) is 6.43. The molecule has 0 spiro atoms. The lowest BCUT2D eigenvalue weighted by atomic mass is 9.99. The lowest BCUT2D eigenvalue weighted by Gasteiger charge is -2.29. The van der Waals surface area contributed by atoms with Crippen LogP contribution in [-0.4, -0.2) is 82.2 Å². The van der Waals surface area contributed by atoms with E-state index >= 15 is 0 Å². The van der Waals surface area contributed by atoms with Crippen LogP contribution in [0.2, 0.25) is 0 Å². The number of amides is 3. The van der Waals surface area contributed by atoms with Crippen molar-refractivity contribution in [2.45, 2.75) is 63.7 Å². The van der Waals surface area contributed by atoms with Gasteiger partial charge in [-0.15, -0.1) is 0 Å². The van der Waals surface area contributed by atoms with Crippen LogP contribution in [0.3, 0.4) is 0 Å². The van der Waals surface area contributed by atoms with E-state index in [0.717, 1.165) is 6.42 Å². The van der Waals surface area contributed by atoms with E-state index in [2.05, 4.69) is 23.3 Å². The molecule has 0 aromatic heterocycles. The Bertz CT molecular complexity index is 622. The van der Waals surface area contributed by atoms with Crippen molar-refractivity contribution in [3.8, 4) is 0 Å². The summed E-state index contributed by atoms with van der Waals surface area (Å²) in [6, 6.07) is -3.44. The van der Waals surface area contributed by atoms with E-state index in [0.29, 0.717) is 31.6 Å². The molecule has 1 fully saturated rings. The monoisotopic (exact) mass is 462 g/mol. The van der Waals surface area contributed by atoms with Crippen molar-refractivity contribution in [2.75, 3.05) is 24.3 Å². The molecule has 9 nitrogen and oxygen atoms in total. The van der Waals surface area contributed by atoms with Gasteiger partial charge < -0.3 is 26.4 Å². The van der Waals surface area contributed by atoms with Gasteiger partial charge in [0.2, 0.25) is 17.7 Å². The predicted molar refractivity (Wildman–Crippen MR) is 121 cm³/mol. The molecule has 1 heterocycles. The maximum Gasteiger partial charge on any atom is 0.326 e. The molecule has 11 heteroatoms. The number of carboxylic acid groups (broad SMARTS) is 1. The number of nitrogens with one attached hydrogen (secondary N) is 2. The zero-order valence-electron chi connectivity index (χ0n) is 17.8. The average Bonchev–Trinajstić information content (AvgIpc) is 3.23. The standard InChI is InChI=1S/C19H34N4O5S2/c1-4-11(2)15(20)17(25)22-13(10-29)16(24)21-12(7-9-30-3)18(26)23-8-5-6-14(23)19(27)28/h11-15,29H,4-10,20H2,1-3H3,(H,21,24)(H,22,25)(H,27,28). The maximum atomic E-state index is 13.0. The van der Waals surface area contributed by atoms with Gasteiger partial charge in [-0.25, -0.2) is 4.79 Å². The smallest absolute Gasteiger partial charge is 0.326 e. The van der Waals surface area contributed by atoms with Crippen LogP contribution in [0.1, 0.15) is 39.5 Å². The fourth-order valence-electron chi connectivity index (χ4n) is 3.23. The summed E-state index contributed by atoms with van der Waals surface area (Å²) in [5, 5.41) is 14.6. The van der Waals surface area contributed by atoms with Gasteiger partial charge in [0.15, 0.2) is 0 Å². The number of thiol groups is 1. The number of nitrogens with two attached hydrogens (primary N) is 1. The second-order valence-electron chi connectivity index (χ2n) is 7.53. The summed E-state index contributed by atoms with van der Waals surface area (Å²) in [5.41, 5.74) is 5.93. The summed E-state index contributed by atoms with van der Waals surface area (Å²) in [7, 11) is 0. The molecule has 1 rings (SSSR count). The van der Waals surface area contributed by atoms with Crippen LogP contribution in [0.25, 0.3) is 0 Å². The molecule has 0 aromatic rings. The van der Waals surface area contributed by atoms with Crippen molar-refractivity contribution in [3.05, 3.63) is 0 Å². The Balaban J connectivity index is 2.86. The summed E-state index contributed by atoms with van der Waals surface area (Å²) in [6.45, 7) is 4.12. The summed E-state index contributed by atoms with van der Waals surface area (Å²) >= 11 is 5.67. The molecule has 0 radical (unpaired) electrons. The molecule has 1 saturated heterocycles. The quantitative estimate of drug-likeness (QED) is 0.259. The molecule has 0 aliphatic carbocycles. The third kappa shape index (κ3) is 7.35. The molecule has 1 aliphatic heterocycles. The number of rotatable bonds is 12. The Morgan fingerprint density at radius 1 is 1.23 bits per heavy atom. The summed E-state index contributed by atoms with van der Waals surface area (Å²) < 4.78 is 0. The van der Waals surface area contributed by atoms with Crippen LogP contribution in [0.15, 0.2) is 0 Å². The van der Waals surface area contributed by atoms with Crippen molar-refractivity contribution in [1.29, 1.82) is 0 Å². The SMILES string of the molecule is CCC(C)C(N)C(=O)NC(CS)C(=O)NC(CCSC)C(=O)N1CCCC1C(=O)O. The second-order valence-corrected chi connectivity index (χ2v) is 8.88. The normalized spacial score (nSPS) is 20.2. The van der Waals surface area contributed by atoms with Gasteiger partial charge in [-0.1, -0.05) is 20.3 Å². The molecular weight excluding hydrogens is 428 g/mol. The zero-order chi connectivity index (χ0) is 22.8. The van der Waals surface area contributed by atoms with E-state index in [-0.39, 0.29) is 11.7 Å². The molecule has 172 valence electrons. The van der Waals surface area contributed by atoms with Crippen molar-refractivity contribution in [1.82, 2.24) is 15.5 Å². The number of nitrogens with zero attached hydrogens (tertiary/aromatic N) is 1. The predicted octanol–water partition coefficient (Wildman–Crippen LogP) is 0.0879. The van der Waals surface area contributed by atoms with Crippen LogP contribution in [0.4, 0.5) is 0 Å². The van der Waals surface area contributed by atoms with E-state index in [1.807, 2.05) is 20.1 Å². The minimum atomic E-state index is -1.05.